The van der Waals surface area contributed by atoms with Gasteiger partial charge in [-0.3, -0.25) is 15.1 Å². The van der Waals surface area contributed by atoms with Crippen LogP contribution in [0, 0.1) is 0 Å². The van der Waals surface area contributed by atoms with E-state index in [0.29, 0.717) is 28.5 Å². The Bertz CT molecular complexity index is 1450. The van der Waals surface area contributed by atoms with Crippen LogP contribution in [0.1, 0.15) is 12.8 Å². The third kappa shape index (κ3) is 4.29. The standard InChI is InChI=1S/C22H18BrN5O3S2/c23-16-8-1-6-15(13-16)21-26-27-22(32-21)25-20(29)17-9-4-12-28(17)33(30,31)18-10-2-5-14-7-3-11-24-19(14)18/h1-3,5-8,10-11,13,17H,4,9,12H2,(H,25,27,29)/t17-/m0/s1. The number of pyridine rings is 1. The van der Waals surface area contributed by atoms with Gasteiger partial charge in [-0.05, 0) is 37.1 Å². The van der Waals surface area contributed by atoms with Crippen molar-refractivity contribution < 1.29 is 13.2 Å². The molecule has 2 aromatic heterocycles. The zero-order chi connectivity index (χ0) is 23.0. The molecule has 1 atom stereocenters. The molecule has 1 N–H and O–H groups in total. The first-order chi connectivity index (χ1) is 15.9. The van der Waals surface area contributed by atoms with Crippen molar-refractivity contribution in [2.75, 3.05) is 11.9 Å². The van der Waals surface area contributed by atoms with Crippen molar-refractivity contribution in [3.8, 4) is 10.6 Å². The number of para-hydroxylation sites is 1. The van der Waals surface area contributed by atoms with Crippen molar-refractivity contribution in [1.29, 1.82) is 0 Å². The van der Waals surface area contributed by atoms with Crippen molar-refractivity contribution in [3.63, 3.8) is 0 Å². The summed E-state index contributed by atoms with van der Waals surface area (Å²) in [5.74, 6) is -0.416. The lowest BCUT2D eigenvalue weighted by Crippen LogP contribution is -2.43. The Morgan fingerprint density at radius 1 is 1.12 bits per heavy atom. The number of rotatable bonds is 5. The van der Waals surface area contributed by atoms with Gasteiger partial charge in [-0.25, -0.2) is 8.42 Å². The molecule has 5 rings (SSSR count). The van der Waals surface area contributed by atoms with E-state index in [0.717, 1.165) is 15.4 Å². The molecular weight excluding hydrogens is 526 g/mol. The predicted molar refractivity (Wildman–Crippen MR) is 130 cm³/mol. The number of benzene rings is 2. The summed E-state index contributed by atoms with van der Waals surface area (Å²) in [6, 6.07) is 15.4. The lowest BCUT2D eigenvalue weighted by atomic mass is 10.2. The van der Waals surface area contributed by atoms with Gasteiger partial charge in [0, 0.05) is 28.2 Å². The molecule has 1 amide bonds. The minimum atomic E-state index is -3.92. The maximum Gasteiger partial charge on any atom is 0.245 e. The number of carbonyl (C=O) groups excluding carboxylic acids is 1. The summed E-state index contributed by atoms with van der Waals surface area (Å²) in [6.07, 6.45) is 2.59. The monoisotopic (exact) mass is 543 g/mol. The third-order valence-corrected chi connectivity index (χ3v) is 8.74. The van der Waals surface area contributed by atoms with Crippen molar-refractivity contribution in [3.05, 3.63) is 65.3 Å². The van der Waals surface area contributed by atoms with Crippen LogP contribution in [-0.2, 0) is 14.8 Å². The van der Waals surface area contributed by atoms with Gasteiger partial charge in [-0.1, -0.05) is 57.6 Å². The highest BCUT2D eigenvalue weighted by molar-refractivity contribution is 9.10. The SMILES string of the molecule is O=C(Nc1nnc(-c2cccc(Br)c2)s1)[C@@H]1CCCN1S(=O)(=O)c1cccc2cccnc12. The lowest BCUT2D eigenvalue weighted by molar-refractivity contribution is -0.119. The zero-order valence-electron chi connectivity index (χ0n) is 17.2. The number of halogens is 1. The van der Waals surface area contributed by atoms with Gasteiger partial charge < -0.3 is 0 Å². The number of sulfonamides is 1. The Labute approximate surface area is 202 Å². The van der Waals surface area contributed by atoms with Crippen molar-refractivity contribution in [1.82, 2.24) is 19.5 Å². The summed E-state index contributed by atoms with van der Waals surface area (Å²) in [7, 11) is -3.92. The Morgan fingerprint density at radius 3 is 2.79 bits per heavy atom. The molecule has 4 aromatic rings. The van der Waals surface area contributed by atoms with E-state index in [1.807, 2.05) is 36.4 Å². The fourth-order valence-corrected chi connectivity index (χ4v) is 6.87. The van der Waals surface area contributed by atoms with E-state index in [4.69, 9.17) is 0 Å². The summed E-state index contributed by atoms with van der Waals surface area (Å²) < 4.78 is 29.2. The Kier molecular flexibility index (Phi) is 5.95. The van der Waals surface area contributed by atoms with E-state index in [1.165, 1.54) is 21.7 Å². The molecule has 1 fully saturated rings. The van der Waals surface area contributed by atoms with Crippen LogP contribution in [-0.4, -0.2) is 46.4 Å². The number of carbonyl (C=O) groups is 1. The summed E-state index contributed by atoms with van der Waals surface area (Å²) in [6.45, 7) is 0.267. The van der Waals surface area contributed by atoms with Gasteiger partial charge in [0.25, 0.3) is 0 Å². The van der Waals surface area contributed by atoms with E-state index in [9.17, 15) is 13.2 Å². The molecule has 0 aliphatic carbocycles. The molecule has 1 saturated heterocycles. The second-order valence-corrected chi connectivity index (χ2v) is 11.3. The minimum Gasteiger partial charge on any atom is -0.299 e. The number of nitrogens with zero attached hydrogens (tertiary/aromatic N) is 4. The van der Waals surface area contributed by atoms with Gasteiger partial charge in [-0.15, -0.1) is 10.2 Å². The highest BCUT2D eigenvalue weighted by atomic mass is 79.9. The summed E-state index contributed by atoms with van der Waals surface area (Å²) in [5.41, 5.74) is 1.27. The number of hydrogen-bond acceptors (Lipinski definition) is 7. The van der Waals surface area contributed by atoms with Gasteiger partial charge >= 0.3 is 0 Å². The number of anilines is 1. The first kappa shape index (κ1) is 22.1. The Morgan fingerprint density at radius 2 is 1.94 bits per heavy atom. The molecule has 0 unspecified atom stereocenters. The molecule has 2 aromatic carbocycles. The normalized spacial score (nSPS) is 16.8. The van der Waals surface area contributed by atoms with Gasteiger partial charge in [0.2, 0.25) is 21.1 Å². The first-order valence-electron chi connectivity index (χ1n) is 10.2. The van der Waals surface area contributed by atoms with Gasteiger partial charge in [-0.2, -0.15) is 4.31 Å². The molecular formula is C22H18BrN5O3S2. The predicted octanol–water partition coefficient (Wildman–Crippen LogP) is 4.31. The molecule has 1 aliphatic heterocycles. The second-order valence-electron chi connectivity index (χ2n) is 7.52. The van der Waals surface area contributed by atoms with Crippen molar-refractivity contribution in [2.45, 2.75) is 23.8 Å². The summed E-state index contributed by atoms with van der Waals surface area (Å²) in [4.78, 5) is 17.4. The maximum absolute atomic E-state index is 13.5. The minimum absolute atomic E-state index is 0.105. The second kappa shape index (κ2) is 8.90. The number of nitrogens with one attached hydrogen (secondary N) is 1. The highest BCUT2D eigenvalue weighted by Gasteiger charge is 2.40. The fraction of sp³-hybridized carbons (Fsp3) is 0.182. The topological polar surface area (TPSA) is 105 Å². The van der Waals surface area contributed by atoms with Gasteiger partial charge in [0.15, 0.2) is 0 Å². The van der Waals surface area contributed by atoms with E-state index in [-0.39, 0.29) is 11.4 Å². The molecule has 0 spiro atoms. The average molecular weight is 544 g/mol. The molecule has 11 heteroatoms. The van der Waals surface area contributed by atoms with Crippen molar-refractivity contribution >= 4 is 59.2 Å². The molecule has 8 nitrogen and oxygen atoms in total. The number of hydrogen-bond donors (Lipinski definition) is 1. The zero-order valence-corrected chi connectivity index (χ0v) is 20.4. The summed E-state index contributed by atoms with van der Waals surface area (Å²) in [5, 5.41) is 12.7. The smallest absolute Gasteiger partial charge is 0.245 e. The molecule has 33 heavy (non-hydrogen) atoms. The summed E-state index contributed by atoms with van der Waals surface area (Å²) >= 11 is 4.67. The Hall–Kier alpha value is -2.73. The van der Waals surface area contributed by atoms with Crippen LogP contribution < -0.4 is 5.32 Å². The lowest BCUT2D eigenvalue weighted by Gasteiger charge is -2.23. The Balaban J connectivity index is 1.39. The van der Waals surface area contributed by atoms with Crippen LogP contribution >= 0.6 is 27.3 Å². The van der Waals surface area contributed by atoms with Crippen LogP contribution in [0.5, 0.6) is 0 Å². The van der Waals surface area contributed by atoms with E-state index in [2.05, 4.69) is 36.4 Å². The molecule has 0 bridgehead atoms. The van der Waals surface area contributed by atoms with E-state index in [1.54, 1.807) is 18.3 Å². The van der Waals surface area contributed by atoms with Gasteiger partial charge in [0.05, 0.1) is 5.52 Å². The van der Waals surface area contributed by atoms with E-state index >= 15 is 0 Å². The maximum atomic E-state index is 13.5. The van der Waals surface area contributed by atoms with Crippen LogP contribution in [0.4, 0.5) is 5.13 Å². The van der Waals surface area contributed by atoms with Gasteiger partial charge in [0.1, 0.15) is 15.9 Å². The average Bonchev–Trinajstić information content (AvgIpc) is 3.49. The molecule has 0 radical (unpaired) electrons. The molecule has 3 heterocycles. The van der Waals surface area contributed by atoms with Crippen LogP contribution in [0.25, 0.3) is 21.5 Å². The number of fused-ring (bicyclic) bond motifs is 1. The van der Waals surface area contributed by atoms with Crippen molar-refractivity contribution in [2.24, 2.45) is 0 Å². The van der Waals surface area contributed by atoms with Crippen LogP contribution in [0.15, 0.2) is 70.2 Å². The largest absolute Gasteiger partial charge is 0.299 e. The first-order valence-corrected chi connectivity index (χ1v) is 13.2. The van der Waals surface area contributed by atoms with Crippen LogP contribution in [0.3, 0.4) is 0 Å². The molecule has 168 valence electrons. The fourth-order valence-electron chi connectivity index (χ4n) is 3.90. The number of aromatic nitrogens is 3. The quantitative estimate of drug-likeness (QED) is 0.402. The molecule has 0 saturated carbocycles. The highest BCUT2D eigenvalue weighted by Crippen LogP contribution is 2.32. The van der Waals surface area contributed by atoms with Crippen LogP contribution in [0.2, 0.25) is 0 Å². The third-order valence-electron chi connectivity index (χ3n) is 5.42. The number of amides is 1. The van der Waals surface area contributed by atoms with E-state index < -0.39 is 22.0 Å². The molecule has 1 aliphatic rings.